The van der Waals surface area contributed by atoms with Gasteiger partial charge in [0.2, 0.25) is 0 Å². The van der Waals surface area contributed by atoms with Crippen LogP contribution in [0.5, 0.6) is 0 Å². The number of hydrogen-bond donors (Lipinski definition) is 0. The quantitative estimate of drug-likeness (QED) is 0.649. The molecule has 0 amide bonds. The largest absolute Gasteiger partial charge is 0.376 e. The van der Waals surface area contributed by atoms with Gasteiger partial charge < -0.3 is 4.74 Å². The van der Waals surface area contributed by atoms with Gasteiger partial charge in [-0.25, -0.2) is 9.07 Å². The van der Waals surface area contributed by atoms with Gasteiger partial charge in [0, 0.05) is 37.0 Å². The Bertz CT molecular complexity index is 953. The van der Waals surface area contributed by atoms with E-state index in [4.69, 9.17) is 9.84 Å². The van der Waals surface area contributed by atoms with Gasteiger partial charge in [-0.1, -0.05) is 31.2 Å². The number of hydrogen-bond acceptors (Lipinski definition) is 3. The van der Waals surface area contributed by atoms with E-state index in [-0.39, 0.29) is 11.9 Å². The van der Waals surface area contributed by atoms with Crippen molar-refractivity contribution in [1.29, 1.82) is 0 Å². The highest BCUT2D eigenvalue weighted by molar-refractivity contribution is 5.63. The van der Waals surface area contributed by atoms with E-state index < -0.39 is 0 Å². The van der Waals surface area contributed by atoms with E-state index in [0.717, 1.165) is 55.2 Å². The molecule has 1 unspecified atom stereocenters. The van der Waals surface area contributed by atoms with Gasteiger partial charge >= 0.3 is 0 Å². The fourth-order valence-corrected chi connectivity index (χ4v) is 3.72. The van der Waals surface area contributed by atoms with Crippen molar-refractivity contribution in [1.82, 2.24) is 14.7 Å². The van der Waals surface area contributed by atoms with Crippen LogP contribution in [0.15, 0.2) is 54.7 Å². The molecular weight excluding hydrogens is 353 g/mol. The molecule has 1 fully saturated rings. The van der Waals surface area contributed by atoms with Crippen LogP contribution in [0.3, 0.4) is 0 Å². The second-order valence-corrected chi connectivity index (χ2v) is 7.43. The van der Waals surface area contributed by atoms with Crippen LogP contribution in [-0.4, -0.2) is 40.5 Å². The first-order chi connectivity index (χ1) is 13.6. The van der Waals surface area contributed by atoms with Gasteiger partial charge in [-0.15, -0.1) is 0 Å². The predicted molar refractivity (Wildman–Crippen MR) is 109 cm³/mol. The molecule has 1 saturated heterocycles. The average molecular weight is 379 g/mol. The molecule has 146 valence electrons. The molecule has 3 aromatic rings. The second kappa shape index (κ2) is 8.25. The maximum atomic E-state index is 13.9. The van der Waals surface area contributed by atoms with Crippen molar-refractivity contribution < 1.29 is 9.13 Å². The van der Waals surface area contributed by atoms with E-state index in [0.29, 0.717) is 0 Å². The lowest BCUT2D eigenvalue weighted by atomic mass is 10.1. The number of aryl methyl sites for hydroxylation is 1. The fraction of sp³-hybridized carbons (Fsp3) is 0.348. The summed E-state index contributed by atoms with van der Waals surface area (Å²) in [6.07, 6.45) is 3.36. The van der Waals surface area contributed by atoms with Crippen LogP contribution in [-0.2, 0) is 11.3 Å². The molecule has 4 nitrogen and oxygen atoms in total. The normalized spacial score (nSPS) is 17.8. The van der Waals surface area contributed by atoms with Crippen LogP contribution in [0.2, 0.25) is 0 Å². The molecule has 0 spiro atoms. The van der Waals surface area contributed by atoms with Crippen LogP contribution in [0.1, 0.15) is 24.5 Å². The lowest BCUT2D eigenvalue weighted by Crippen LogP contribution is -2.41. The minimum atomic E-state index is -0.244. The van der Waals surface area contributed by atoms with E-state index in [2.05, 4.69) is 37.1 Å². The number of morpholine rings is 1. The predicted octanol–water partition coefficient (Wildman–Crippen LogP) is 4.60. The summed E-state index contributed by atoms with van der Waals surface area (Å²) in [7, 11) is 0. The summed E-state index contributed by atoms with van der Waals surface area (Å²) >= 11 is 0. The molecule has 1 aliphatic rings. The van der Waals surface area contributed by atoms with Crippen LogP contribution in [0, 0.1) is 12.7 Å². The van der Waals surface area contributed by atoms with Gasteiger partial charge in [0.1, 0.15) is 5.82 Å². The molecule has 2 aromatic carbocycles. The Hall–Kier alpha value is -2.50. The monoisotopic (exact) mass is 379 g/mol. The zero-order valence-electron chi connectivity index (χ0n) is 16.4. The molecule has 28 heavy (non-hydrogen) atoms. The zero-order valence-corrected chi connectivity index (χ0v) is 16.4. The van der Waals surface area contributed by atoms with E-state index in [1.807, 2.05) is 22.9 Å². The molecule has 0 N–H and O–H groups in total. The van der Waals surface area contributed by atoms with Gasteiger partial charge in [-0.05, 0) is 43.2 Å². The summed E-state index contributed by atoms with van der Waals surface area (Å²) in [5.41, 5.74) is 4.93. The Labute approximate surface area is 165 Å². The van der Waals surface area contributed by atoms with Crippen LogP contribution in [0.4, 0.5) is 4.39 Å². The average Bonchev–Trinajstić information content (AvgIpc) is 3.12. The topological polar surface area (TPSA) is 30.3 Å². The summed E-state index contributed by atoms with van der Waals surface area (Å²) in [5.74, 6) is -0.244. The highest BCUT2D eigenvalue weighted by Crippen LogP contribution is 2.26. The van der Waals surface area contributed by atoms with Crippen LogP contribution < -0.4 is 0 Å². The van der Waals surface area contributed by atoms with E-state index >= 15 is 0 Å². The molecule has 1 aromatic heterocycles. The SMILES string of the molecule is CCC1CN(Cc2cn(-c3cccc(C)c3)nc2-c2cccc(F)c2)CCO1. The highest BCUT2D eigenvalue weighted by atomic mass is 19.1. The number of rotatable bonds is 5. The maximum absolute atomic E-state index is 13.9. The maximum Gasteiger partial charge on any atom is 0.123 e. The molecular formula is C23H26FN3O. The Morgan fingerprint density at radius 3 is 2.82 bits per heavy atom. The van der Waals surface area contributed by atoms with Gasteiger partial charge in [-0.2, -0.15) is 5.10 Å². The first-order valence-electron chi connectivity index (χ1n) is 9.88. The van der Waals surface area contributed by atoms with Gasteiger partial charge in [0.15, 0.2) is 0 Å². The third-order valence-corrected chi connectivity index (χ3v) is 5.23. The van der Waals surface area contributed by atoms with Gasteiger partial charge in [0.05, 0.1) is 24.1 Å². The molecule has 1 aliphatic heterocycles. The zero-order chi connectivity index (χ0) is 19.5. The van der Waals surface area contributed by atoms with Gasteiger partial charge in [0.25, 0.3) is 0 Å². The first-order valence-corrected chi connectivity index (χ1v) is 9.88. The van der Waals surface area contributed by atoms with E-state index in [1.54, 1.807) is 12.1 Å². The molecule has 4 rings (SSSR count). The number of benzene rings is 2. The van der Waals surface area contributed by atoms with Crippen molar-refractivity contribution in [3.8, 4) is 16.9 Å². The van der Waals surface area contributed by atoms with Crippen LogP contribution in [0.25, 0.3) is 16.9 Å². The summed E-state index contributed by atoms with van der Waals surface area (Å²) in [6, 6.07) is 14.9. The molecule has 0 saturated carbocycles. The standard InChI is InChI=1S/C23H26FN3O/c1-3-22-16-26(10-11-28-22)14-19-15-27(21-9-4-6-17(2)12-21)25-23(19)18-7-5-8-20(24)13-18/h4-9,12-13,15,22H,3,10-11,14,16H2,1-2H3. The Kier molecular flexibility index (Phi) is 5.55. The molecule has 5 heteroatoms. The van der Waals surface area contributed by atoms with Gasteiger partial charge in [-0.3, -0.25) is 4.90 Å². The number of halogens is 1. The van der Waals surface area contributed by atoms with Crippen LogP contribution >= 0.6 is 0 Å². The van der Waals surface area contributed by atoms with Crippen molar-refractivity contribution in [2.45, 2.75) is 32.9 Å². The third-order valence-electron chi connectivity index (χ3n) is 5.23. The van der Waals surface area contributed by atoms with Crippen molar-refractivity contribution in [3.05, 3.63) is 71.7 Å². The Morgan fingerprint density at radius 2 is 2.04 bits per heavy atom. The lowest BCUT2D eigenvalue weighted by Gasteiger charge is -2.32. The molecule has 1 atom stereocenters. The minimum Gasteiger partial charge on any atom is -0.376 e. The summed E-state index contributed by atoms with van der Waals surface area (Å²) in [6.45, 7) is 7.56. The minimum absolute atomic E-state index is 0.244. The Balaban J connectivity index is 1.70. The molecule has 0 radical (unpaired) electrons. The fourth-order valence-electron chi connectivity index (χ4n) is 3.72. The smallest absolute Gasteiger partial charge is 0.123 e. The second-order valence-electron chi connectivity index (χ2n) is 7.43. The summed E-state index contributed by atoms with van der Waals surface area (Å²) in [5, 5.41) is 4.83. The van der Waals surface area contributed by atoms with E-state index in [1.165, 1.54) is 11.6 Å². The van der Waals surface area contributed by atoms with Crippen molar-refractivity contribution in [3.63, 3.8) is 0 Å². The lowest BCUT2D eigenvalue weighted by molar-refractivity contribution is -0.0324. The summed E-state index contributed by atoms with van der Waals surface area (Å²) < 4.78 is 21.6. The first kappa shape index (κ1) is 18.8. The van der Waals surface area contributed by atoms with E-state index in [9.17, 15) is 4.39 Å². The van der Waals surface area contributed by atoms with Crippen molar-refractivity contribution >= 4 is 0 Å². The van der Waals surface area contributed by atoms with Crippen molar-refractivity contribution in [2.24, 2.45) is 0 Å². The number of aromatic nitrogens is 2. The summed E-state index contributed by atoms with van der Waals surface area (Å²) in [4.78, 5) is 2.40. The molecule has 2 heterocycles. The highest BCUT2D eigenvalue weighted by Gasteiger charge is 2.22. The third kappa shape index (κ3) is 4.16. The Morgan fingerprint density at radius 1 is 1.18 bits per heavy atom. The number of ether oxygens (including phenoxy) is 1. The molecule has 0 bridgehead atoms. The number of nitrogens with zero attached hydrogens (tertiary/aromatic N) is 3. The molecule has 0 aliphatic carbocycles. The van der Waals surface area contributed by atoms with Crippen molar-refractivity contribution in [2.75, 3.05) is 19.7 Å².